The minimum Gasteiger partial charge on any atom is -0.134 e. The first kappa shape index (κ1) is 12.7. The Kier molecular flexibility index (Phi) is 2.37. The third-order valence-corrected chi connectivity index (χ3v) is 6.45. The molecule has 0 fully saturated rings. The zero-order chi connectivity index (χ0) is 15.7. The molecular weight excluding hydrogens is 308 g/mol. The largest absolute Gasteiger partial charge is 0.134 e. The summed E-state index contributed by atoms with van der Waals surface area (Å²) in [6.07, 6.45) is 1.07. The number of hydrogen-bond acceptors (Lipinski definition) is 1. The highest BCUT2D eigenvalue weighted by molar-refractivity contribution is 7.26. The zero-order valence-electron chi connectivity index (χ0n) is 13.0. The van der Waals surface area contributed by atoms with Crippen molar-refractivity contribution in [3.8, 4) is 11.1 Å². The molecule has 0 bridgehead atoms. The SMILES string of the molecule is c1ccc2c(c1)Cc1ccc3c(sc4cc5ccccc5cc43)c1-2. The van der Waals surface area contributed by atoms with E-state index in [2.05, 4.69) is 72.8 Å². The van der Waals surface area contributed by atoms with Crippen molar-refractivity contribution in [2.45, 2.75) is 6.42 Å². The van der Waals surface area contributed by atoms with Gasteiger partial charge in [-0.3, -0.25) is 0 Å². The van der Waals surface area contributed by atoms with E-state index in [4.69, 9.17) is 0 Å². The molecule has 0 N–H and O–H groups in total. The van der Waals surface area contributed by atoms with Gasteiger partial charge in [0.25, 0.3) is 0 Å². The van der Waals surface area contributed by atoms with Crippen LogP contribution in [0, 0.1) is 0 Å². The molecule has 112 valence electrons. The van der Waals surface area contributed by atoms with Gasteiger partial charge in [-0.05, 0) is 46.0 Å². The van der Waals surface area contributed by atoms with Crippen molar-refractivity contribution in [2.24, 2.45) is 0 Å². The fourth-order valence-corrected chi connectivity index (χ4v) is 5.45. The number of rotatable bonds is 0. The second kappa shape index (κ2) is 4.46. The molecule has 0 aliphatic heterocycles. The van der Waals surface area contributed by atoms with E-state index in [1.165, 1.54) is 53.2 Å². The Balaban J connectivity index is 1.79. The van der Waals surface area contributed by atoms with Crippen LogP contribution in [0.25, 0.3) is 42.1 Å². The van der Waals surface area contributed by atoms with Gasteiger partial charge < -0.3 is 0 Å². The third kappa shape index (κ3) is 1.58. The van der Waals surface area contributed by atoms with Gasteiger partial charge in [-0.25, -0.2) is 0 Å². The molecule has 1 heteroatoms. The molecule has 6 rings (SSSR count). The van der Waals surface area contributed by atoms with Crippen molar-refractivity contribution >= 4 is 42.3 Å². The Morgan fingerprint density at radius 1 is 0.667 bits per heavy atom. The quantitative estimate of drug-likeness (QED) is 0.289. The molecule has 1 heterocycles. The molecule has 0 radical (unpaired) electrons. The van der Waals surface area contributed by atoms with E-state index in [9.17, 15) is 0 Å². The number of fused-ring (bicyclic) bond motifs is 8. The van der Waals surface area contributed by atoms with Gasteiger partial charge in [-0.2, -0.15) is 0 Å². The normalized spacial score (nSPS) is 12.8. The first-order valence-electron chi connectivity index (χ1n) is 8.34. The lowest BCUT2D eigenvalue weighted by molar-refractivity contribution is 1.27. The van der Waals surface area contributed by atoms with Crippen LogP contribution in [-0.2, 0) is 6.42 Å². The molecule has 0 saturated carbocycles. The summed E-state index contributed by atoms with van der Waals surface area (Å²) in [7, 11) is 0. The lowest BCUT2D eigenvalue weighted by atomic mass is 10.0. The maximum atomic E-state index is 2.36. The first-order valence-corrected chi connectivity index (χ1v) is 9.15. The fourth-order valence-electron chi connectivity index (χ4n) is 4.13. The topological polar surface area (TPSA) is 0 Å². The van der Waals surface area contributed by atoms with Crippen molar-refractivity contribution in [3.63, 3.8) is 0 Å². The average Bonchev–Trinajstić information content (AvgIpc) is 3.17. The first-order chi connectivity index (χ1) is 11.9. The summed E-state index contributed by atoms with van der Waals surface area (Å²) in [6.45, 7) is 0. The maximum absolute atomic E-state index is 2.36. The van der Waals surface area contributed by atoms with Gasteiger partial charge in [0.15, 0.2) is 0 Å². The van der Waals surface area contributed by atoms with E-state index in [1.54, 1.807) is 0 Å². The van der Waals surface area contributed by atoms with Crippen molar-refractivity contribution in [2.75, 3.05) is 0 Å². The fraction of sp³-hybridized carbons (Fsp3) is 0.0435. The highest BCUT2D eigenvalue weighted by Gasteiger charge is 2.22. The summed E-state index contributed by atoms with van der Waals surface area (Å²) in [4.78, 5) is 0. The van der Waals surface area contributed by atoms with Crippen LogP contribution in [0.2, 0.25) is 0 Å². The molecular formula is C23H14S. The second-order valence-corrected chi connectivity index (χ2v) is 7.66. The zero-order valence-corrected chi connectivity index (χ0v) is 13.9. The van der Waals surface area contributed by atoms with E-state index >= 15 is 0 Å². The van der Waals surface area contributed by atoms with Gasteiger partial charge in [-0.15, -0.1) is 11.3 Å². The number of benzene rings is 4. The molecule has 0 unspecified atom stereocenters. The van der Waals surface area contributed by atoms with Crippen LogP contribution in [0.4, 0.5) is 0 Å². The molecule has 5 aromatic rings. The van der Waals surface area contributed by atoms with E-state index < -0.39 is 0 Å². The van der Waals surface area contributed by atoms with Gasteiger partial charge in [0, 0.05) is 25.7 Å². The standard InChI is InChI=1S/C23H14S/c1-2-6-15-13-21-20(12-14(15)5-1)19-10-9-17-11-16-7-3-4-8-18(16)22(17)23(19)24-21/h1-10,12-13H,11H2. The van der Waals surface area contributed by atoms with Crippen LogP contribution < -0.4 is 0 Å². The van der Waals surface area contributed by atoms with Crippen molar-refractivity contribution in [1.29, 1.82) is 0 Å². The average molecular weight is 322 g/mol. The summed E-state index contributed by atoms with van der Waals surface area (Å²) in [5.74, 6) is 0. The minimum absolute atomic E-state index is 1.07. The number of thiophene rings is 1. The molecule has 4 aromatic carbocycles. The predicted octanol–water partition coefficient (Wildman–Crippen LogP) is 6.78. The van der Waals surface area contributed by atoms with Crippen LogP contribution in [0.5, 0.6) is 0 Å². The molecule has 0 amide bonds. The Hall–Kier alpha value is -2.64. The van der Waals surface area contributed by atoms with E-state index in [1.807, 2.05) is 11.3 Å². The molecule has 24 heavy (non-hydrogen) atoms. The highest BCUT2D eigenvalue weighted by atomic mass is 32.1. The second-order valence-electron chi connectivity index (χ2n) is 6.61. The molecule has 0 saturated heterocycles. The predicted molar refractivity (Wildman–Crippen MR) is 105 cm³/mol. The van der Waals surface area contributed by atoms with Gasteiger partial charge in [0.2, 0.25) is 0 Å². The monoisotopic (exact) mass is 322 g/mol. The molecule has 0 nitrogen and oxygen atoms in total. The highest BCUT2D eigenvalue weighted by Crippen LogP contribution is 2.47. The third-order valence-electron chi connectivity index (χ3n) is 5.26. The Morgan fingerprint density at radius 2 is 1.46 bits per heavy atom. The van der Waals surface area contributed by atoms with Crippen molar-refractivity contribution in [1.82, 2.24) is 0 Å². The molecule has 0 atom stereocenters. The summed E-state index contributed by atoms with van der Waals surface area (Å²) >= 11 is 1.95. The van der Waals surface area contributed by atoms with Gasteiger partial charge >= 0.3 is 0 Å². The lowest BCUT2D eigenvalue weighted by Gasteiger charge is -2.02. The Bertz CT molecular complexity index is 1270. The number of hydrogen-bond donors (Lipinski definition) is 0. The summed E-state index contributed by atoms with van der Waals surface area (Å²) in [6, 6.07) is 26.9. The molecule has 1 aliphatic carbocycles. The van der Waals surface area contributed by atoms with Crippen molar-refractivity contribution < 1.29 is 0 Å². The van der Waals surface area contributed by atoms with E-state index in [0.717, 1.165) is 6.42 Å². The molecule has 1 aliphatic rings. The van der Waals surface area contributed by atoms with E-state index in [0.29, 0.717) is 0 Å². The smallest absolute Gasteiger partial charge is 0.0436 e. The van der Waals surface area contributed by atoms with Crippen LogP contribution in [0.3, 0.4) is 0 Å². The van der Waals surface area contributed by atoms with Crippen molar-refractivity contribution in [3.05, 3.63) is 83.9 Å². The Labute approximate surface area is 144 Å². The van der Waals surface area contributed by atoms with Gasteiger partial charge in [-0.1, -0.05) is 60.7 Å². The summed E-state index contributed by atoms with van der Waals surface area (Å²) in [5.41, 5.74) is 5.82. The van der Waals surface area contributed by atoms with Crippen LogP contribution >= 0.6 is 11.3 Å². The van der Waals surface area contributed by atoms with Gasteiger partial charge in [0.05, 0.1) is 0 Å². The lowest BCUT2D eigenvalue weighted by Crippen LogP contribution is -1.79. The van der Waals surface area contributed by atoms with Crippen LogP contribution in [-0.4, -0.2) is 0 Å². The summed E-state index contributed by atoms with van der Waals surface area (Å²) in [5, 5.41) is 5.44. The molecule has 1 aromatic heterocycles. The van der Waals surface area contributed by atoms with Gasteiger partial charge in [0.1, 0.15) is 0 Å². The Morgan fingerprint density at radius 3 is 2.38 bits per heavy atom. The molecule has 0 spiro atoms. The maximum Gasteiger partial charge on any atom is 0.0436 e. The summed E-state index contributed by atoms with van der Waals surface area (Å²) < 4.78 is 2.84. The minimum atomic E-state index is 1.07. The van der Waals surface area contributed by atoms with Crippen LogP contribution in [0.1, 0.15) is 11.1 Å². The van der Waals surface area contributed by atoms with E-state index in [-0.39, 0.29) is 0 Å². The van der Waals surface area contributed by atoms with Crippen LogP contribution in [0.15, 0.2) is 72.8 Å².